The molecule has 0 saturated carbocycles. The summed E-state index contributed by atoms with van der Waals surface area (Å²) in [4.78, 5) is 0. The highest BCUT2D eigenvalue weighted by Gasteiger charge is 2.32. The molecular formula is C18H29N2P. The summed E-state index contributed by atoms with van der Waals surface area (Å²) in [5.41, 5.74) is 0. The molecule has 2 heterocycles. The summed E-state index contributed by atoms with van der Waals surface area (Å²) in [6.07, 6.45) is 5.56. The van der Waals surface area contributed by atoms with E-state index in [2.05, 4.69) is 53.5 Å². The van der Waals surface area contributed by atoms with Crippen LogP contribution >= 0.6 is 8.22 Å². The van der Waals surface area contributed by atoms with E-state index >= 15 is 0 Å². The third-order valence-corrected chi connectivity index (χ3v) is 7.35. The molecule has 2 aliphatic rings. The van der Waals surface area contributed by atoms with Crippen molar-refractivity contribution in [1.29, 1.82) is 0 Å². The molecule has 0 unspecified atom stereocenters. The standard InChI is InChI=1S/C18H29N2P/c1-16-8-6-12-19(14-16)21(18-10-4-3-5-11-18)20-13-7-9-17(2)15-20/h3-5,10-11,16-17H,6-9,12-15H2,1-2H3/t16-,17-/m1/s1. The Morgan fingerprint density at radius 2 is 1.38 bits per heavy atom. The number of piperidine rings is 2. The average molecular weight is 304 g/mol. The van der Waals surface area contributed by atoms with Crippen molar-refractivity contribution in [2.45, 2.75) is 39.5 Å². The van der Waals surface area contributed by atoms with Gasteiger partial charge in [0.25, 0.3) is 0 Å². The lowest BCUT2D eigenvalue weighted by molar-refractivity contribution is 0.250. The van der Waals surface area contributed by atoms with Crippen molar-refractivity contribution in [3.8, 4) is 0 Å². The second kappa shape index (κ2) is 7.22. The summed E-state index contributed by atoms with van der Waals surface area (Å²) in [5.74, 6) is 1.71. The molecule has 2 fully saturated rings. The van der Waals surface area contributed by atoms with Crippen LogP contribution in [0.25, 0.3) is 0 Å². The fourth-order valence-electron chi connectivity index (χ4n) is 3.74. The fraction of sp³-hybridized carbons (Fsp3) is 0.667. The summed E-state index contributed by atoms with van der Waals surface area (Å²) < 4.78 is 5.60. The largest absolute Gasteiger partial charge is 0.266 e. The quantitative estimate of drug-likeness (QED) is 0.776. The van der Waals surface area contributed by atoms with Crippen molar-refractivity contribution in [2.75, 3.05) is 26.2 Å². The van der Waals surface area contributed by atoms with E-state index in [0.29, 0.717) is 0 Å². The van der Waals surface area contributed by atoms with E-state index in [1.165, 1.54) is 51.9 Å². The lowest BCUT2D eigenvalue weighted by Gasteiger charge is -2.45. The van der Waals surface area contributed by atoms with Crippen LogP contribution in [-0.4, -0.2) is 35.5 Å². The van der Waals surface area contributed by atoms with Gasteiger partial charge in [0.15, 0.2) is 0 Å². The number of benzene rings is 1. The normalized spacial score (nSPS) is 28.9. The molecule has 0 spiro atoms. The molecule has 3 rings (SSSR count). The average Bonchev–Trinajstić information content (AvgIpc) is 2.49. The molecule has 0 N–H and O–H groups in total. The fourth-order valence-corrected chi connectivity index (χ4v) is 6.72. The minimum atomic E-state index is -0.279. The number of nitrogens with zero attached hydrogens (tertiary/aromatic N) is 2. The van der Waals surface area contributed by atoms with Crippen LogP contribution in [0.5, 0.6) is 0 Å². The molecule has 3 heteroatoms. The van der Waals surface area contributed by atoms with Gasteiger partial charge in [-0.3, -0.25) is 9.34 Å². The summed E-state index contributed by atoms with van der Waals surface area (Å²) in [7, 11) is -0.279. The third kappa shape index (κ3) is 3.86. The van der Waals surface area contributed by atoms with E-state index in [1.807, 2.05) is 0 Å². The molecular weight excluding hydrogens is 275 g/mol. The minimum absolute atomic E-state index is 0.279. The van der Waals surface area contributed by atoms with Gasteiger partial charge in [-0.2, -0.15) is 0 Å². The van der Waals surface area contributed by atoms with Gasteiger partial charge in [-0.25, -0.2) is 0 Å². The Labute approximate surface area is 131 Å². The van der Waals surface area contributed by atoms with Gasteiger partial charge in [-0.05, 0) is 37.5 Å². The van der Waals surface area contributed by atoms with E-state index < -0.39 is 0 Å². The predicted octanol–water partition coefficient (Wildman–Crippen LogP) is 4.09. The number of hydrogen-bond acceptors (Lipinski definition) is 2. The van der Waals surface area contributed by atoms with Gasteiger partial charge in [0.1, 0.15) is 0 Å². The Morgan fingerprint density at radius 3 is 1.86 bits per heavy atom. The van der Waals surface area contributed by atoms with Gasteiger partial charge >= 0.3 is 0 Å². The first-order valence-corrected chi connectivity index (χ1v) is 9.83. The van der Waals surface area contributed by atoms with Crippen molar-refractivity contribution in [1.82, 2.24) is 9.34 Å². The maximum absolute atomic E-state index is 2.80. The van der Waals surface area contributed by atoms with Crippen LogP contribution in [0, 0.1) is 11.8 Å². The molecule has 116 valence electrons. The maximum Gasteiger partial charge on any atom is 0.0724 e. The molecule has 0 amide bonds. The van der Waals surface area contributed by atoms with Gasteiger partial charge in [0.2, 0.25) is 0 Å². The first kappa shape index (κ1) is 15.5. The monoisotopic (exact) mass is 304 g/mol. The first-order chi connectivity index (χ1) is 10.2. The lowest BCUT2D eigenvalue weighted by atomic mass is 10.0. The number of hydrogen-bond donors (Lipinski definition) is 0. The summed E-state index contributed by atoms with van der Waals surface area (Å²) in [6.45, 7) is 9.98. The molecule has 2 atom stereocenters. The van der Waals surface area contributed by atoms with Crippen molar-refractivity contribution in [3.05, 3.63) is 30.3 Å². The molecule has 1 aromatic rings. The lowest BCUT2D eigenvalue weighted by Crippen LogP contribution is -2.42. The van der Waals surface area contributed by atoms with Crippen molar-refractivity contribution >= 4 is 13.5 Å². The van der Waals surface area contributed by atoms with E-state index in [4.69, 9.17) is 0 Å². The molecule has 0 radical (unpaired) electrons. The SMILES string of the molecule is C[C@@H]1CCCN(P(c2ccccc2)N2CCC[C@@H](C)C2)C1. The van der Waals surface area contributed by atoms with Gasteiger partial charge in [0, 0.05) is 31.5 Å². The topological polar surface area (TPSA) is 6.48 Å². The second-order valence-corrected chi connectivity index (χ2v) is 9.17. The van der Waals surface area contributed by atoms with Crippen LogP contribution in [-0.2, 0) is 0 Å². The zero-order valence-corrected chi connectivity index (χ0v) is 14.4. The summed E-state index contributed by atoms with van der Waals surface area (Å²) in [5, 5.41) is 1.55. The van der Waals surface area contributed by atoms with Gasteiger partial charge in [0.05, 0.1) is 8.22 Å². The van der Waals surface area contributed by atoms with Crippen molar-refractivity contribution in [2.24, 2.45) is 11.8 Å². The zero-order chi connectivity index (χ0) is 14.7. The van der Waals surface area contributed by atoms with Crippen LogP contribution in [0.4, 0.5) is 0 Å². The highest BCUT2D eigenvalue weighted by Crippen LogP contribution is 2.47. The Bertz CT molecular complexity index is 414. The van der Waals surface area contributed by atoms with Crippen molar-refractivity contribution in [3.63, 3.8) is 0 Å². The van der Waals surface area contributed by atoms with Crippen LogP contribution in [0.2, 0.25) is 0 Å². The van der Waals surface area contributed by atoms with E-state index in [-0.39, 0.29) is 8.22 Å². The molecule has 2 aliphatic heterocycles. The molecule has 0 bridgehead atoms. The van der Waals surface area contributed by atoms with Crippen LogP contribution < -0.4 is 5.30 Å². The highest BCUT2D eigenvalue weighted by atomic mass is 31.1. The molecule has 1 aromatic carbocycles. The Hall–Kier alpha value is -0.430. The molecule has 0 aromatic heterocycles. The van der Waals surface area contributed by atoms with Crippen LogP contribution in [0.3, 0.4) is 0 Å². The first-order valence-electron chi connectivity index (χ1n) is 8.59. The van der Waals surface area contributed by atoms with Gasteiger partial charge < -0.3 is 0 Å². The van der Waals surface area contributed by atoms with Crippen molar-refractivity contribution < 1.29 is 0 Å². The number of rotatable bonds is 3. The van der Waals surface area contributed by atoms with Gasteiger partial charge in [-0.1, -0.05) is 44.2 Å². The van der Waals surface area contributed by atoms with Crippen LogP contribution in [0.1, 0.15) is 39.5 Å². The molecule has 21 heavy (non-hydrogen) atoms. The Morgan fingerprint density at radius 1 is 0.857 bits per heavy atom. The third-order valence-electron chi connectivity index (χ3n) is 4.79. The summed E-state index contributed by atoms with van der Waals surface area (Å²) in [6, 6.07) is 11.3. The Balaban J connectivity index is 1.83. The van der Waals surface area contributed by atoms with E-state index in [9.17, 15) is 0 Å². The molecule has 2 nitrogen and oxygen atoms in total. The Kier molecular flexibility index (Phi) is 5.32. The maximum atomic E-state index is 2.80. The second-order valence-electron chi connectivity index (χ2n) is 6.95. The molecule has 0 aliphatic carbocycles. The smallest absolute Gasteiger partial charge is 0.0724 e. The van der Waals surface area contributed by atoms with Gasteiger partial charge in [-0.15, -0.1) is 0 Å². The predicted molar refractivity (Wildman–Crippen MR) is 92.9 cm³/mol. The van der Waals surface area contributed by atoms with Crippen LogP contribution in [0.15, 0.2) is 30.3 Å². The minimum Gasteiger partial charge on any atom is -0.266 e. The zero-order valence-electron chi connectivity index (χ0n) is 13.5. The van der Waals surface area contributed by atoms with E-state index in [1.54, 1.807) is 5.30 Å². The van der Waals surface area contributed by atoms with E-state index in [0.717, 1.165) is 11.8 Å². The molecule has 2 saturated heterocycles. The highest BCUT2D eigenvalue weighted by molar-refractivity contribution is 7.61. The summed E-state index contributed by atoms with van der Waals surface area (Å²) >= 11 is 0.